The quantitative estimate of drug-likeness (QED) is 0.361. The van der Waals surface area contributed by atoms with Gasteiger partial charge in [-0.3, -0.25) is 9.36 Å². The first-order valence-corrected chi connectivity index (χ1v) is 13.1. The number of aryl methyl sites for hydroxylation is 2. The van der Waals surface area contributed by atoms with Gasteiger partial charge in [-0.15, -0.1) is 0 Å². The first-order chi connectivity index (χ1) is 17.9. The smallest absolute Gasteiger partial charge is 0.389 e. The molecule has 1 aliphatic carbocycles. The maximum absolute atomic E-state index is 13.0. The maximum atomic E-state index is 13.0. The van der Waals surface area contributed by atoms with E-state index in [2.05, 4.69) is 5.10 Å². The fraction of sp³-hybridized carbons (Fsp3) is 0.630. The second kappa shape index (κ2) is 12.6. The van der Waals surface area contributed by atoms with Crippen LogP contribution in [0.15, 0.2) is 33.9 Å². The number of alkyl halides is 3. The highest BCUT2D eigenvalue weighted by Crippen LogP contribution is 2.31. The Morgan fingerprint density at radius 3 is 2.47 bits per heavy atom. The highest BCUT2D eigenvalue weighted by Gasteiger charge is 2.32. The van der Waals surface area contributed by atoms with Gasteiger partial charge >= 0.3 is 17.8 Å². The Morgan fingerprint density at radius 2 is 1.82 bits per heavy atom. The van der Waals surface area contributed by atoms with Crippen LogP contribution in [0.2, 0.25) is 0 Å². The second-order valence-corrected chi connectivity index (χ2v) is 10.1. The molecule has 0 atom stereocenters. The lowest BCUT2D eigenvalue weighted by atomic mass is 10.0. The van der Waals surface area contributed by atoms with Gasteiger partial charge < -0.3 is 9.47 Å². The number of carbonyl (C=O) groups is 1. The first-order valence-electron chi connectivity index (χ1n) is 13.1. The number of carbonyl (C=O) groups excluding carboxylic acids is 1. The molecule has 0 saturated heterocycles. The van der Waals surface area contributed by atoms with Crippen molar-refractivity contribution >= 4 is 5.97 Å². The Balaban J connectivity index is 1.74. The number of nitrogens with zero attached hydrogens (tertiary/aromatic N) is 3. The van der Waals surface area contributed by atoms with Crippen LogP contribution in [0.4, 0.5) is 13.2 Å². The summed E-state index contributed by atoms with van der Waals surface area (Å²) < 4.78 is 51.0. The normalized spacial score (nSPS) is 14.6. The summed E-state index contributed by atoms with van der Waals surface area (Å²) in [6.07, 6.45) is -1.26. The summed E-state index contributed by atoms with van der Waals surface area (Å²) in [7, 11) is 0. The van der Waals surface area contributed by atoms with Crippen molar-refractivity contribution in [3.8, 4) is 5.75 Å². The van der Waals surface area contributed by atoms with E-state index in [9.17, 15) is 27.6 Å². The van der Waals surface area contributed by atoms with Crippen LogP contribution in [0.3, 0.4) is 0 Å². The van der Waals surface area contributed by atoms with E-state index < -0.39 is 35.4 Å². The van der Waals surface area contributed by atoms with Crippen molar-refractivity contribution < 1.29 is 27.4 Å². The molecule has 0 unspecified atom stereocenters. The topological polar surface area (TPSA) is 92.4 Å². The lowest BCUT2D eigenvalue weighted by molar-refractivity contribution is -0.158. The lowest BCUT2D eigenvalue weighted by Crippen LogP contribution is -2.44. The molecule has 11 heteroatoms. The molecule has 8 nitrogen and oxygen atoms in total. The van der Waals surface area contributed by atoms with E-state index in [0.717, 1.165) is 35.8 Å². The van der Waals surface area contributed by atoms with E-state index in [1.807, 2.05) is 6.07 Å². The zero-order chi connectivity index (χ0) is 27.9. The van der Waals surface area contributed by atoms with E-state index in [1.165, 1.54) is 4.68 Å². The number of hydrogen-bond acceptors (Lipinski definition) is 6. The van der Waals surface area contributed by atoms with E-state index >= 15 is 0 Å². The number of esters is 1. The summed E-state index contributed by atoms with van der Waals surface area (Å²) in [5.41, 5.74) is -1.25. The molecule has 1 heterocycles. The average molecular weight is 540 g/mol. The molecule has 1 aromatic heterocycles. The Hall–Kier alpha value is -3.11. The van der Waals surface area contributed by atoms with Gasteiger partial charge in [-0.1, -0.05) is 25.0 Å². The van der Waals surface area contributed by atoms with E-state index in [1.54, 1.807) is 39.0 Å². The van der Waals surface area contributed by atoms with Crippen molar-refractivity contribution in [1.29, 1.82) is 0 Å². The Bertz CT molecular complexity index is 1210. The van der Waals surface area contributed by atoms with Crippen molar-refractivity contribution in [1.82, 2.24) is 14.3 Å². The number of benzene rings is 1. The SMILES string of the molecule is CCOC(=O)C(C)(C)Oc1cccc(CCCn2nc(C3CCCC3)c(=O)n(CCCC(F)(F)F)c2=O)c1. The summed E-state index contributed by atoms with van der Waals surface area (Å²) >= 11 is 0. The van der Waals surface area contributed by atoms with Crippen LogP contribution in [0, 0.1) is 0 Å². The van der Waals surface area contributed by atoms with Gasteiger partial charge in [0.25, 0.3) is 5.56 Å². The molecule has 0 N–H and O–H groups in total. The van der Waals surface area contributed by atoms with Gasteiger partial charge in [-0.05, 0) is 70.6 Å². The van der Waals surface area contributed by atoms with Gasteiger partial charge in [0.2, 0.25) is 0 Å². The summed E-state index contributed by atoms with van der Waals surface area (Å²) in [5.74, 6) is -0.0587. The summed E-state index contributed by atoms with van der Waals surface area (Å²) in [6.45, 7) is 5.13. The van der Waals surface area contributed by atoms with E-state index in [4.69, 9.17) is 9.47 Å². The number of aromatic nitrogens is 3. The standard InChI is InChI=1S/C27H36F3N3O5/c1-4-37-24(35)26(2,3)38-21-14-7-10-19(18-21)11-8-17-33-25(36)32(16-9-15-27(28,29)30)23(34)22(31-33)20-12-5-6-13-20/h7,10,14,18,20H,4-6,8-9,11-13,15-17H2,1-3H3. The number of rotatable bonds is 12. The van der Waals surface area contributed by atoms with Crippen LogP contribution >= 0.6 is 0 Å². The molecule has 1 saturated carbocycles. The molecule has 0 amide bonds. The number of ether oxygens (including phenoxy) is 2. The Kier molecular flexibility index (Phi) is 9.78. The molecule has 0 radical (unpaired) electrons. The molecule has 0 spiro atoms. The minimum absolute atomic E-state index is 0.0835. The van der Waals surface area contributed by atoms with Gasteiger partial charge in [0, 0.05) is 25.4 Å². The fourth-order valence-electron chi connectivity index (χ4n) is 4.65. The summed E-state index contributed by atoms with van der Waals surface area (Å²) in [5, 5.41) is 4.38. The maximum Gasteiger partial charge on any atom is 0.389 e. The molecule has 1 aliphatic rings. The molecule has 0 aliphatic heterocycles. The van der Waals surface area contributed by atoms with Crippen LogP contribution in [0.1, 0.15) is 82.9 Å². The monoisotopic (exact) mass is 539 g/mol. The van der Waals surface area contributed by atoms with Gasteiger partial charge in [-0.2, -0.15) is 18.3 Å². The third-order valence-electron chi connectivity index (χ3n) is 6.60. The first kappa shape index (κ1) is 29.4. The van der Waals surface area contributed by atoms with Crippen LogP contribution in [-0.4, -0.2) is 38.7 Å². The van der Waals surface area contributed by atoms with Crippen LogP contribution in [0.25, 0.3) is 0 Å². The number of halogens is 3. The molecule has 210 valence electrons. The minimum atomic E-state index is -4.35. The van der Waals surface area contributed by atoms with Crippen LogP contribution in [0.5, 0.6) is 5.75 Å². The molecule has 38 heavy (non-hydrogen) atoms. The largest absolute Gasteiger partial charge is 0.476 e. The van der Waals surface area contributed by atoms with Crippen molar-refractivity contribution in [2.75, 3.05) is 6.61 Å². The molecular weight excluding hydrogens is 503 g/mol. The molecule has 1 aromatic carbocycles. The average Bonchev–Trinajstić information content (AvgIpc) is 3.37. The highest BCUT2D eigenvalue weighted by atomic mass is 19.4. The molecule has 2 aromatic rings. The van der Waals surface area contributed by atoms with Crippen molar-refractivity contribution in [3.05, 3.63) is 56.4 Å². The lowest BCUT2D eigenvalue weighted by Gasteiger charge is -2.24. The predicted octanol–water partition coefficient (Wildman–Crippen LogP) is 4.76. The summed E-state index contributed by atoms with van der Waals surface area (Å²) in [6, 6.07) is 7.23. The zero-order valence-corrected chi connectivity index (χ0v) is 22.2. The third-order valence-corrected chi connectivity index (χ3v) is 6.60. The third kappa shape index (κ3) is 7.94. The zero-order valence-electron chi connectivity index (χ0n) is 22.2. The Labute approximate surface area is 219 Å². The highest BCUT2D eigenvalue weighted by molar-refractivity contribution is 5.79. The fourth-order valence-corrected chi connectivity index (χ4v) is 4.65. The van der Waals surface area contributed by atoms with Crippen molar-refractivity contribution in [3.63, 3.8) is 0 Å². The van der Waals surface area contributed by atoms with Crippen molar-refractivity contribution in [2.24, 2.45) is 0 Å². The molecule has 0 bridgehead atoms. The minimum Gasteiger partial charge on any atom is -0.476 e. The number of hydrogen-bond donors (Lipinski definition) is 0. The van der Waals surface area contributed by atoms with E-state index in [0.29, 0.717) is 18.6 Å². The molecule has 1 fully saturated rings. The summed E-state index contributed by atoms with van der Waals surface area (Å²) in [4.78, 5) is 38.1. The molecule has 3 rings (SSSR count). The van der Waals surface area contributed by atoms with Gasteiger partial charge in [-0.25, -0.2) is 14.3 Å². The van der Waals surface area contributed by atoms with Crippen molar-refractivity contribution in [2.45, 2.75) is 103 Å². The van der Waals surface area contributed by atoms with Gasteiger partial charge in [0.05, 0.1) is 6.61 Å². The second-order valence-electron chi connectivity index (χ2n) is 10.1. The Morgan fingerprint density at radius 1 is 1.11 bits per heavy atom. The van der Waals surface area contributed by atoms with Crippen LogP contribution < -0.4 is 16.0 Å². The van der Waals surface area contributed by atoms with E-state index in [-0.39, 0.29) is 37.7 Å². The van der Waals surface area contributed by atoms with Gasteiger partial charge in [0.1, 0.15) is 11.4 Å². The van der Waals surface area contributed by atoms with Gasteiger partial charge in [0.15, 0.2) is 5.60 Å². The van der Waals surface area contributed by atoms with Crippen LogP contribution in [-0.2, 0) is 29.0 Å². The molecular formula is C27H36F3N3O5. The predicted molar refractivity (Wildman–Crippen MR) is 135 cm³/mol.